The van der Waals surface area contributed by atoms with Gasteiger partial charge in [0.1, 0.15) is 4.21 Å². The van der Waals surface area contributed by atoms with E-state index in [0.717, 1.165) is 23.3 Å². The lowest BCUT2D eigenvalue weighted by atomic mass is 10.1. The quantitative estimate of drug-likeness (QED) is 0.294. The Kier molecular flexibility index (Phi) is 9.47. The second-order valence-corrected chi connectivity index (χ2v) is 11.9. The zero-order valence-electron chi connectivity index (χ0n) is 19.2. The number of rotatable bonds is 11. The third-order valence-corrected chi connectivity index (χ3v) is 7.72. The van der Waals surface area contributed by atoms with Gasteiger partial charge in [0.2, 0.25) is 0 Å². The van der Waals surface area contributed by atoms with E-state index in [1.807, 2.05) is 33.3 Å². The Balaban J connectivity index is 2.08. The molecule has 0 saturated heterocycles. The average Bonchev–Trinajstić information content (AvgIpc) is 3.15. The van der Waals surface area contributed by atoms with Crippen LogP contribution in [0.15, 0.2) is 40.6 Å². The van der Waals surface area contributed by atoms with E-state index in [1.54, 1.807) is 6.07 Å². The molecule has 0 spiro atoms. The molecule has 0 aliphatic heterocycles. The van der Waals surface area contributed by atoms with Gasteiger partial charge >= 0.3 is 5.97 Å². The first-order chi connectivity index (χ1) is 15.0. The molecule has 0 radical (unpaired) electrons. The summed E-state index contributed by atoms with van der Waals surface area (Å²) in [6.45, 7) is 2.55. The summed E-state index contributed by atoms with van der Waals surface area (Å²) in [6, 6.07) is 10.6. The molecule has 1 aromatic carbocycles. The fourth-order valence-corrected chi connectivity index (χ4v) is 5.70. The molecule has 32 heavy (non-hydrogen) atoms. The van der Waals surface area contributed by atoms with Crippen molar-refractivity contribution in [3.63, 3.8) is 0 Å². The summed E-state index contributed by atoms with van der Waals surface area (Å²) in [5, 5.41) is 9.14. The van der Waals surface area contributed by atoms with Gasteiger partial charge in [-0.25, -0.2) is 13.1 Å². The monoisotopic (exact) mass is 477 g/mol. The van der Waals surface area contributed by atoms with Crippen LogP contribution in [0.25, 0.3) is 0 Å². The molecule has 1 atom stereocenters. The zero-order valence-corrected chi connectivity index (χ0v) is 20.9. The summed E-state index contributed by atoms with van der Waals surface area (Å²) in [5.41, 5.74) is 2.18. The molecular formula is C24H33N2O4S2+. The van der Waals surface area contributed by atoms with E-state index < -0.39 is 22.0 Å². The van der Waals surface area contributed by atoms with E-state index >= 15 is 0 Å². The number of aliphatic carboxylic acids is 1. The Bertz CT molecular complexity index is 1060. The topological polar surface area (TPSA) is 83.5 Å². The van der Waals surface area contributed by atoms with Crippen molar-refractivity contribution in [1.29, 1.82) is 0 Å². The molecule has 174 valence electrons. The summed E-state index contributed by atoms with van der Waals surface area (Å²) in [4.78, 5) is 11.8. The van der Waals surface area contributed by atoms with Crippen LogP contribution < -0.4 is 4.72 Å². The van der Waals surface area contributed by atoms with Crippen molar-refractivity contribution >= 4 is 27.3 Å². The molecule has 0 fully saturated rings. The van der Waals surface area contributed by atoms with Crippen molar-refractivity contribution in [2.24, 2.45) is 0 Å². The van der Waals surface area contributed by atoms with Crippen molar-refractivity contribution in [2.45, 2.75) is 49.3 Å². The third-order valence-electron chi connectivity index (χ3n) is 4.71. The molecule has 0 aliphatic rings. The lowest BCUT2D eigenvalue weighted by Crippen LogP contribution is -2.49. The predicted molar refractivity (Wildman–Crippen MR) is 129 cm³/mol. The minimum atomic E-state index is -3.83. The molecule has 2 rings (SSSR count). The zero-order chi connectivity index (χ0) is 23.8. The highest BCUT2D eigenvalue weighted by Gasteiger charge is 2.27. The first-order valence-corrected chi connectivity index (χ1v) is 13.0. The standard InChI is InChI=1S/C24H32N2O4S2/c1-5-6-7-8-19-9-11-20(12-10-19)13-14-22-15-16-24(31-22)32(29,30)25-21(17-23(27)28)18-26(2,3)4/h9-12,15-16,21,25H,5-8,17-18H2,1-4H3/p+1/t21-/m1/s1. The number of hydrogen-bond acceptors (Lipinski definition) is 4. The van der Waals surface area contributed by atoms with Gasteiger partial charge in [-0.2, -0.15) is 0 Å². The number of sulfonamides is 1. The van der Waals surface area contributed by atoms with Crippen LogP contribution in [0.3, 0.4) is 0 Å². The number of quaternary nitrogens is 1. The number of nitrogens with one attached hydrogen (secondary N) is 1. The number of hydrogen-bond donors (Lipinski definition) is 2. The second kappa shape index (κ2) is 11.6. The Morgan fingerprint density at radius 3 is 2.38 bits per heavy atom. The van der Waals surface area contributed by atoms with E-state index in [2.05, 4.69) is 35.6 Å². The van der Waals surface area contributed by atoms with Crippen LogP contribution in [0.2, 0.25) is 0 Å². The number of carbonyl (C=O) groups is 1. The minimum Gasteiger partial charge on any atom is -0.481 e. The lowest BCUT2D eigenvalue weighted by Gasteiger charge is -2.28. The molecule has 2 N–H and O–H groups in total. The maximum absolute atomic E-state index is 12.8. The van der Waals surface area contributed by atoms with Gasteiger partial charge in [0.15, 0.2) is 0 Å². The molecular weight excluding hydrogens is 444 g/mol. The summed E-state index contributed by atoms with van der Waals surface area (Å²) in [6.07, 6.45) is 4.41. The van der Waals surface area contributed by atoms with E-state index in [1.165, 1.54) is 30.9 Å². The Morgan fingerprint density at radius 1 is 1.09 bits per heavy atom. The number of benzene rings is 1. The highest BCUT2D eigenvalue weighted by molar-refractivity contribution is 7.91. The number of carboxylic acid groups (broad SMARTS) is 1. The van der Waals surface area contributed by atoms with Crippen molar-refractivity contribution in [1.82, 2.24) is 4.72 Å². The van der Waals surface area contributed by atoms with Gasteiger partial charge < -0.3 is 9.59 Å². The number of carboxylic acids is 1. The summed E-state index contributed by atoms with van der Waals surface area (Å²) >= 11 is 1.08. The number of nitrogens with zero attached hydrogens (tertiary/aromatic N) is 1. The summed E-state index contributed by atoms with van der Waals surface area (Å²) < 4.78 is 28.7. The number of unbranched alkanes of at least 4 members (excludes halogenated alkanes) is 2. The fraction of sp³-hybridized carbons (Fsp3) is 0.458. The molecule has 1 heterocycles. The van der Waals surface area contributed by atoms with Gasteiger partial charge in [0.25, 0.3) is 10.0 Å². The molecule has 0 aliphatic carbocycles. The smallest absolute Gasteiger partial charge is 0.305 e. The van der Waals surface area contributed by atoms with E-state index in [-0.39, 0.29) is 10.6 Å². The summed E-state index contributed by atoms with van der Waals surface area (Å²) in [5.74, 6) is 5.07. The molecule has 0 unspecified atom stereocenters. The Labute approximate surface area is 195 Å². The van der Waals surface area contributed by atoms with E-state index in [9.17, 15) is 13.2 Å². The second-order valence-electron chi connectivity index (χ2n) is 8.91. The summed E-state index contributed by atoms with van der Waals surface area (Å²) in [7, 11) is 1.84. The Hall–Kier alpha value is -2.18. The third kappa shape index (κ3) is 9.13. The fourth-order valence-electron chi connectivity index (χ4n) is 3.29. The lowest BCUT2D eigenvalue weighted by molar-refractivity contribution is -0.871. The normalized spacial score (nSPS) is 12.8. The van der Waals surface area contributed by atoms with Gasteiger partial charge in [-0.05, 0) is 42.7 Å². The number of likely N-dealkylation sites (N-methyl/N-ethyl adjacent to an activating group) is 1. The molecule has 0 bridgehead atoms. The molecule has 8 heteroatoms. The number of thiophene rings is 1. The maximum atomic E-state index is 12.8. The van der Waals surface area contributed by atoms with Gasteiger partial charge in [-0.3, -0.25) is 4.79 Å². The van der Waals surface area contributed by atoms with Crippen molar-refractivity contribution < 1.29 is 22.8 Å². The highest BCUT2D eigenvalue weighted by Crippen LogP contribution is 2.22. The van der Waals surface area contributed by atoms with Crippen LogP contribution >= 0.6 is 11.3 Å². The van der Waals surface area contributed by atoms with Crippen molar-refractivity contribution in [3.8, 4) is 11.8 Å². The van der Waals surface area contributed by atoms with Gasteiger partial charge in [0, 0.05) is 5.56 Å². The first-order valence-electron chi connectivity index (χ1n) is 10.7. The number of aryl methyl sites for hydroxylation is 1. The van der Waals surface area contributed by atoms with Crippen LogP contribution in [0.5, 0.6) is 0 Å². The predicted octanol–water partition coefficient (Wildman–Crippen LogP) is 3.71. The largest absolute Gasteiger partial charge is 0.481 e. The molecule has 0 amide bonds. The average molecular weight is 478 g/mol. The highest BCUT2D eigenvalue weighted by atomic mass is 32.2. The van der Waals surface area contributed by atoms with Crippen LogP contribution in [-0.2, 0) is 21.2 Å². The maximum Gasteiger partial charge on any atom is 0.305 e. The molecule has 2 aromatic rings. The van der Waals surface area contributed by atoms with E-state index in [4.69, 9.17) is 5.11 Å². The first kappa shape index (κ1) is 26.1. The molecule has 6 nitrogen and oxygen atoms in total. The van der Waals surface area contributed by atoms with Crippen LogP contribution in [-0.4, -0.2) is 57.7 Å². The van der Waals surface area contributed by atoms with E-state index in [0.29, 0.717) is 15.9 Å². The van der Waals surface area contributed by atoms with Crippen molar-refractivity contribution in [3.05, 3.63) is 52.4 Å². The van der Waals surface area contributed by atoms with Gasteiger partial charge in [-0.15, -0.1) is 11.3 Å². The van der Waals surface area contributed by atoms with Gasteiger partial charge in [-0.1, -0.05) is 43.7 Å². The Morgan fingerprint density at radius 2 is 1.78 bits per heavy atom. The van der Waals surface area contributed by atoms with Gasteiger partial charge in [0.05, 0.1) is 45.0 Å². The minimum absolute atomic E-state index is 0.130. The van der Waals surface area contributed by atoms with Crippen molar-refractivity contribution in [2.75, 3.05) is 27.7 Å². The van der Waals surface area contributed by atoms with Crippen LogP contribution in [0.1, 0.15) is 48.6 Å². The molecule has 1 aromatic heterocycles. The van der Waals surface area contributed by atoms with Crippen LogP contribution in [0, 0.1) is 11.8 Å². The molecule has 0 saturated carbocycles. The SMILES string of the molecule is CCCCCc1ccc(C#Cc2ccc(S(=O)(=O)N[C@H](CC(=O)O)C[N+](C)(C)C)s2)cc1. The van der Waals surface area contributed by atoms with Crippen LogP contribution in [0.4, 0.5) is 0 Å².